The van der Waals surface area contributed by atoms with Gasteiger partial charge < -0.3 is 10.1 Å². The number of benzene rings is 1. The second-order valence-electron chi connectivity index (χ2n) is 4.36. The molecule has 0 aliphatic carbocycles. The third-order valence-corrected chi connectivity index (χ3v) is 2.94. The van der Waals surface area contributed by atoms with Gasteiger partial charge in [-0.05, 0) is 32.5 Å². The summed E-state index contributed by atoms with van der Waals surface area (Å²) in [7, 11) is 3.64. The maximum Gasteiger partial charge on any atom is 0.241 e. The van der Waals surface area contributed by atoms with Crippen LogP contribution in [-0.4, -0.2) is 44.2 Å². The molecule has 0 radical (unpaired) electrons. The number of anilines is 1. The molecule has 1 unspecified atom stereocenters. The van der Waals surface area contributed by atoms with Gasteiger partial charge in [-0.2, -0.15) is 0 Å². The second-order valence-corrected chi connectivity index (χ2v) is 4.36. The van der Waals surface area contributed by atoms with Crippen molar-refractivity contribution >= 4 is 11.6 Å². The molecule has 0 bridgehead atoms. The minimum atomic E-state index is -0.151. The number of methoxy groups -OCH3 is 1. The molecule has 1 N–H and O–H groups in total. The van der Waals surface area contributed by atoms with Crippen LogP contribution in [0.1, 0.15) is 13.3 Å². The van der Waals surface area contributed by atoms with Crippen LogP contribution in [-0.2, 0) is 9.53 Å². The summed E-state index contributed by atoms with van der Waals surface area (Å²) < 4.78 is 5.00. The van der Waals surface area contributed by atoms with Crippen molar-refractivity contribution in [2.45, 2.75) is 19.4 Å². The molecular formula is C14H22N2O2. The number of carbonyl (C=O) groups excluding carboxylic acids is 1. The van der Waals surface area contributed by atoms with Gasteiger partial charge in [-0.15, -0.1) is 0 Å². The number of ether oxygens (including phenoxy) is 1. The quantitative estimate of drug-likeness (QED) is 0.752. The maximum absolute atomic E-state index is 12.0. The standard InChI is InChI=1S/C14H22N2O2/c1-12(16(2)10-7-11-18-3)14(17)15-13-8-5-4-6-9-13/h4-6,8-9,12H,7,10-11H2,1-3H3,(H,15,17). The molecule has 4 heteroatoms. The maximum atomic E-state index is 12.0. The van der Waals surface area contributed by atoms with E-state index in [2.05, 4.69) is 5.32 Å². The summed E-state index contributed by atoms with van der Waals surface area (Å²) in [6, 6.07) is 9.36. The van der Waals surface area contributed by atoms with Gasteiger partial charge >= 0.3 is 0 Å². The van der Waals surface area contributed by atoms with E-state index in [0.29, 0.717) is 0 Å². The highest BCUT2D eigenvalue weighted by atomic mass is 16.5. The Bertz CT molecular complexity index is 354. The zero-order valence-corrected chi connectivity index (χ0v) is 11.3. The van der Waals surface area contributed by atoms with Crippen molar-refractivity contribution in [3.63, 3.8) is 0 Å². The zero-order valence-electron chi connectivity index (χ0n) is 11.3. The third kappa shape index (κ3) is 4.85. The van der Waals surface area contributed by atoms with Gasteiger partial charge in [-0.25, -0.2) is 0 Å². The number of nitrogens with zero attached hydrogens (tertiary/aromatic N) is 1. The molecule has 4 nitrogen and oxygen atoms in total. The van der Waals surface area contributed by atoms with Crippen LogP contribution in [0, 0.1) is 0 Å². The van der Waals surface area contributed by atoms with E-state index in [1.54, 1.807) is 7.11 Å². The zero-order chi connectivity index (χ0) is 13.4. The summed E-state index contributed by atoms with van der Waals surface area (Å²) in [6.45, 7) is 3.47. The van der Waals surface area contributed by atoms with Crippen molar-refractivity contribution in [1.29, 1.82) is 0 Å². The van der Waals surface area contributed by atoms with Gasteiger partial charge in [0.15, 0.2) is 0 Å². The lowest BCUT2D eigenvalue weighted by atomic mass is 10.2. The fourth-order valence-electron chi connectivity index (χ4n) is 1.62. The summed E-state index contributed by atoms with van der Waals surface area (Å²) >= 11 is 0. The van der Waals surface area contributed by atoms with Crippen molar-refractivity contribution in [3.05, 3.63) is 30.3 Å². The average molecular weight is 250 g/mol. The van der Waals surface area contributed by atoms with E-state index in [1.807, 2.05) is 49.2 Å². The van der Waals surface area contributed by atoms with Crippen LogP contribution < -0.4 is 5.32 Å². The smallest absolute Gasteiger partial charge is 0.241 e. The number of hydrogen-bond donors (Lipinski definition) is 1. The number of amides is 1. The topological polar surface area (TPSA) is 41.6 Å². The minimum absolute atomic E-state index is 0.0149. The first kappa shape index (κ1) is 14.7. The fraction of sp³-hybridized carbons (Fsp3) is 0.500. The molecule has 1 aromatic rings. The number of nitrogens with one attached hydrogen (secondary N) is 1. The van der Waals surface area contributed by atoms with Gasteiger partial charge in [-0.1, -0.05) is 18.2 Å². The predicted octanol–water partition coefficient (Wildman–Crippen LogP) is 1.98. The van der Waals surface area contributed by atoms with E-state index in [9.17, 15) is 4.79 Å². The Morgan fingerprint density at radius 1 is 1.39 bits per heavy atom. The molecule has 0 aromatic heterocycles. The SMILES string of the molecule is COCCCN(C)C(C)C(=O)Nc1ccccc1. The summed E-state index contributed by atoms with van der Waals surface area (Å²) in [5.74, 6) is 0.0149. The lowest BCUT2D eigenvalue weighted by Crippen LogP contribution is -2.40. The number of carbonyl (C=O) groups is 1. The summed E-state index contributed by atoms with van der Waals surface area (Å²) in [5, 5.41) is 2.90. The van der Waals surface area contributed by atoms with Crippen LogP contribution in [0.25, 0.3) is 0 Å². The van der Waals surface area contributed by atoms with Crippen LogP contribution in [0.5, 0.6) is 0 Å². The van der Waals surface area contributed by atoms with E-state index in [0.717, 1.165) is 25.3 Å². The molecule has 1 aromatic carbocycles. The Labute approximate surface area is 109 Å². The lowest BCUT2D eigenvalue weighted by molar-refractivity contribution is -0.120. The van der Waals surface area contributed by atoms with Gasteiger partial charge in [0.1, 0.15) is 0 Å². The second kappa shape index (κ2) is 7.84. The highest BCUT2D eigenvalue weighted by Crippen LogP contribution is 2.07. The monoisotopic (exact) mass is 250 g/mol. The van der Waals surface area contributed by atoms with Gasteiger partial charge in [0.2, 0.25) is 5.91 Å². The highest BCUT2D eigenvalue weighted by Gasteiger charge is 2.17. The Hall–Kier alpha value is -1.39. The molecule has 0 saturated heterocycles. The van der Waals surface area contributed by atoms with Crippen LogP contribution >= 0.6 is 0 Å². The van der Waals surface area contributed by atoms with Crippen molar-refractivity contribution in [1.82, 2.24) is 4.90 Å². The number of rotatable bonds is 7. The van der Waals surface area contributed by atoms with E-state index in [1.165, 1.54) is 0 Å². The molecule has 18 heavy (non-hydrogen) atoms. The molecule has 0 heterocycles. The predicted molar refractivity (Wildman–Crippen MR) is 73.7 cm³/mol. The highest BCUT2D eigenvalue weighted by molar-refractivity contribution is 5.94. The van der Waals surface area contributed by atoms with Crippen molar-refractivity contribution in [3.8, 4) is 0 Å². The van der Waals surface area contributed by atoms with Gasteiger partial charge in [-0.3, -0.25) is 9.69 Å². The first-order valence-corrected chi connectivity index (χ1v) is 6.20. The molecule has 0 spiro atoms. The van der Waals surface area contributed by atoms with Crippen LogP contribution in [0.4, 0.5) is 5.69 Å². The fourth-order valence-corrected chi connectivity index (χ4v) is 1.62. The average Bonchev–Trinajstić information content (AvgIpc) is 2.39. The third-order valence-electron chi connectivity index (χ3n) is 2.94. The first-order chi connectivity index (χ1) is 8.65. The molecule has 100 valence electrons. The van der Waals surface area contributed by atoms with Gasteiger partial charge in [0, 0.05) is 25.9 Å². The summed E-state index contributed by atoms with van der Waals surface area (Å²) in [4.78, 5) is 14.0. The number of para-hydroxylation sites is 1. The molecule has 0 saturated carbocycles. The first-order valence-electron chi connectivity index (χ1n) is 6.20. The van der Waals surface area contributed by atoms with Crippen molar-refractivity contribution in [2.24, 2.45) is 0 Å². The van der Waals surface area contributed by atoms with E-state index in [4.69, 9.17) is 4.74 Å². The normalized spacial score (nSPS) is 12.4. The van der Waals surface area contributed by atoms with Crippen LogP contribution in [0.3, 0.4) is 0 Å². The Kier molecular flexibility index (Phi) is 6.39. The minimum Gasteiger partial charge on any atom is -0.385 e. The number of likely N-dealkylation sites (N-methyl/N-ethyl adjacent to an activating group) is 1. The van der Waals surface area contributed by atoms with Gasteiger partial charge in [0.25, 0.3) is 0 Å². The van der Waals surface area contributed by atoms with Crippen molar-refractivity contribution in [2.75, 3.05) is 32.6 Å². The Morgan fingerprint density at radius 2 is 2.06 bits per heavy atom. The van der Waals surface area contributed by atoms with Crippen LogP contribution in [0.15, 0.2) is 30.3 Å². The molecule has 0 aliphatic rings. The molecule has 0 fully saturated rings. The Morgan fingerprint density at radius 3 is 2.67 bits per heavy atom. The summed E-state index contributed by atoms with van der Waals surface area (Å²) in [5.41, 5.74) is 0.833. The molecular weight excluding hydrogens is 228 g/mol. The molecule has 1 atom stereocenters. The van der Waals surface area contributed by atoms with E-state index < -0.39 is 0 Å². The Balaban J connectivity index is 2.41. The van der Waals surface area contributed by atoms with E-state index >= 15 is 0 Å². The number of hydrogen-bond acceptors (Lipinski definition) is 3. The lowest BCUT2D eigenvalue weighted by Gasteiger charge is -2.23. The van der Waals surface area contributed by atoms with Gasteiger partial charge in [0.05, 0.1) is 6.04 Å². The summed E-state index contributed by atoms with van der Waals surface area (Å²) in [6.07, 6.45) is 0.927. The largest absolute Gasteiger partial charge is 0.385 e. The molecule has 1 rings (SSSR count). The molecule has 0 aliphatic heterocycles. The van der Waals surface area contributed by atoms with E-state index in [-0.39, 0.29) is 11.9 Å². The molecule has 1 amide bonds. The van der Waals surface area contributed by atoms with Crippen molar-refractivity contribution < 1.29 is 9.53 Å². The van der Waals surface area contributed by atoms with Crippen LogP contribution in [0.2, 0.25) is 0 Å².